The molecular formula is C48H77NaO12S. The minimum Gasteiger partial charge on any atom is -0.744 e. The van der Waals surface area contributed by atoms with Gasteiger partial charge in [0.2, 0.25) is 5.75 Å². The maximum Gasteiger partial charge on any atom is 1.00 e. The molecule has 0 heterocycles. The van der Waals surface area contributed by atoms with Crippen LogP contribution in [0.2, 0.25) is 0 Å². The largest absolute Gasteiger partial charge is 1.00 e. The standard InChI is InChI=1S/C48H78O12S.Na/c1-4-44(49)56-37-29-23-17-11-7-10-16-22-28-36-55-42-34-35-43(61(52,53)54)48(60-41-33-27-21-15-9-13-19-25-31-39-58-46(51)6-3)47(42)59-40-32-26-20-14-8-12-18-24-30-38-57-45(50)5-2;/h4-6,34-35H,1-3,7-33,36-41H2,(H,52,53,54);/q;+1/p-1. The molecule has 0 radical (unpaired) electrons. The van der Waals surface area contributed by atoms with E-state index >= 15 is 0 Å². The first-order valence-electron chi connectivity index (χ1n) is 23.0. The number of hydrogen-bond donors (Lipinski definition) is 0. The van der Waals surface area contributed by atoms with Gasteiger partial charge in [0, 0.05) is 18.2 Å². The molecule has 348 valence electrons. The normalized spacial score (nSPS) is 10.9. The van der Waals surface area contributed by atoms with Gasteiger partial charge in [0.1, 0.15) is 15.0 Å². The van der Waals surface area contributed by atoms with Crippen LogP contribution >= 0.6 is 0 Å². The van der Waals surface area contributed by atoms with E-state index in [1.54, 1.807) is 0 Å². The zero-order valence-electron chi connectivity index (χ0n) is 38.1. The third-order valence-corrected chi connectivity index (χ3v) is 11.0. The number of hydrogen-bond acceptors (Lipinski definition) is 12. The second-order valence-corrected chi connectivity index (χ2v) is 16.7. The summed E-state index contributed by atoms with van der Waals surface area (Å²) >= 11 is 0. The summed E-state index contributed by atoms with van der Waals surface area (Å²) in [5.74, 6) is -0.657. The fraction of sp³-hybridized carbons (Fsp3) is 0.688. The summed E-state index contributed by atoms with van der Waals surface area (Å²) in [7, 11) is -4.85. The van der Waals surface area contributed by atoms with Crippen LogP contribution in [0.4, 0.5) is 0 Å². The van der Waals surface area contributed by atoms with Crippen molar-refractivity contribution in [3.05, 3.63) is 50.1 Å². The van der Waals surface area contributed by atoms with Crippen molar-refractivity contribution >= 4 is 28.0 Å². The number of rotatable bonds is 43. The molecule has 62 heavy (non-hydrogen) atoms. The quantitative estimate of drug-likeness (QED) is 0.0154. The van der Waals surface area contributed by atoms with Crippen LogP contribution in [-0.2, 0) is 38.7 Å². The smallest absolute Gasteiger partial charge is 0.744 e. The summed E-state index contributed by atoms with van der Waals surface area (Å²) in [6.45, 7) is 12.5. The van der Waals surface area contributed by atoms with Crippen molar-refractivity contribution in [1.29, 1.82) is 0 Å². The monoisotopic (exact) mass is 901 g/mol. The number of ether oxygens (including phenoxy) is 6. The fourth-order valence-corrected chi connectivity index (χ4v) is 7.27. The van der Waals surface area contributed by atoms with Gasteiger partial charge in [0.25, 0.3) is 0 Å². The molecule has 1 aromatic carbocycles. The summed E-state index contributed by atoms with van der Waals surface area (Å²) in [4.78, 5) is 32.9. The second kappa shape index (κ2) is 40.9. The van der Waals surface area contributed by atoms with E-state index in [-0.39, 0.29) is 65.6 Å². The van der Waals surface area contributed by atoms with Crippen LogP contribution in [0.5, 0.6) is 17.2 Å². The van der Waals surface area contributed by atoms with Crippen LogP contribution in [0, 0.1) is 0 Å². The predicted molar refractivity (Wildman–Crippen MR) is 239 cm³/mol. The molecule has 0 aromatic heterocycles. The summed E-state index contributed by atoms with van der Waals surface area (Å²) in [5, 5.41) is 0. The molecule has 0 atom stereocenters. The molecule has 12 nitrogen and oxygen atoms in total. The first-order chi connectivity index (χ1) is 29.6. The van der Waals surface area contributed by atoms with Crippen molar-refractivity contribution in [2.24, 2.45) is 0 Å². The Morgan fingerprint density at radius 3 is 0.968 bits per heavy atom. The van der Waals surface area contributed by atoms with Gasteiger partial charge in [-0.1, -0.05) is 155 Å². The molecule has 0 bridgehead atoms. The van der Waals surface area contributed by atoms with Gasteiger partial charge >= 0.3 is 47.5 Å². The van der Waals surface area contributed by atoms with Gasteiger partial charge in [0.05, 0.1) is 39.6 Å². The fourth-order valence-electron chi connectivity index (χ4n) is 6.66. The third-order valence-electron chi connectivity index (χ3n) is 10.2. The molecule has 0 fully saturated rings. The Labute approximate surface area is 396 Å². The van der Waals surface area contributed by atoms with Crippen LogP contribution in [0.1, 0.15) is 173 Å². The van der Waals surface area contributed by atoms with Crippen LogP contribution < -0.4 is 43.8 Å². The Hall–Kier alpha value is -2.84. The van der Waals surface area contributed by atoms with Gasteiger partial charge in [-0.15, -0.1) is 0 Å². The Morgan fingerprint density at radius 1 is 0.419 bits per heavy atom. The Morgan fingerprint density at radius 2 is 0.677 bits per heavy atom. The second-order valence-electron chi connectivity index (χ2n) is 15.4. The molecule has 1 rings (SSSR count). The number of benzene rings is 1. The molecule has 0 saturated carbocycles. The average Bonchev–Trinajstić information content (AvgIpc) is 3.25. The van der Waals surface area contributed by atoms with Gasteiger partial charge < -0.3 is 33.0 Å². The number of unbranched alkanes of at least 4 members (excludes halogenated alkanes) is 24. The molecule has 1 aromatic rings. The molecule has 0 aliphatic carbocycles. The minimum atomic E-state index is -4.85. The molecule has 0 spiro atoms. The Balaban J connectivity index is 0.0000372. The summed E-state index contributed by atoms with van der Waals surface area (Å²) in [5.41, 5.74) is 0. The van der Waals surface area contributed by atoms with Crippen molar-refractivity contribution in [2.45, 2.75) is 178 Å². The van der Waals surface area contributed by atoms with Crippen molar-refractivity contribution in [3.63, 3.8) is 0 Å². The van der Waals surface area contributed by atoms with E-state index in [0.29, 0.717) is 45.2 Å². The number of esters is 3. The van der Waals surface area contributed by atoms with E-state index in [1.807, 2.05) is 0 Å². The summed E-state index contributed by atoms with van der Waals surface area (Å²) < 4.78 is 70.7. The first kappa shape index (κ1) is 59.2. The molecular weight excluding hydrogens is 824 g/mol. The Bertz CT molecular complexity index is 1470. The van der Waals surface area contributed by atoms with Crippen molar-refractivity contribution in [3.8, 4) is 17.2 Å². The molecule has 0 unspecified atom stereocenters. The van der Waals surface area contributed by atoms with Crippen molar-refractivity contribution < 1.29 is 85.3 Å². The van der Waals surface area contributed by atoms with E-state index in [4.69, 9.17) is 28.4 Å². The van der Waals surface area contributed by atoms with Gasteiger partial charge in [0.15, 0.2) is 11.5 Å². The molecule has 0 aliphatic rings. The zero-order valence-corrected chi connectivity index (χ0v) is 41.0. The molecule has 14 heteroatoms. The first-order valence-corrected chi connectivity index (χ1v) is 24.4. The van der Waals surface area contributed by atoms with Gasteiger partial charge in [-0.25, -0.2) is 22.8 Å². The topological polar surface area (TPSA) is 164 Å². The Kier molecular flexibility index (Phi) is 39.0. The molecule has 0 saturated heterocycles. The van der Waals surface area contributed by atoms with E-state index in [2.05, 4.69) is 19.7 Å². The van der Waals surface area contributed by atoms with E-state index < -0.39 is 15.0 Å². The van der Waals surface area contributed by atoms with Crippen LogP contribution in [0.15, 0.2) is 55.0 Å². The maximum absolute atomic E-state index is 12.4. The summed E-state index contributed by atoms with van der Waals surface area (Å²) in [6, 6.07) is 2.77. The summed E-state index contributed by atoms with van der Waals surface area (Å²) in [6.07, 6.45) is 30.8. The maximum atomic E-state index is 12.4. The van der Waals surface area contributed by atoms with Crippen LogP contribution in [0.25, 0.3) is 0 Å². The predicted octanol–water partition coefficient (Wildman–Crippen LogP) is 8.45. The van der Waals surface area contributed by atoms with Crippen molar-refractivity contribution in [2.75, 3.05) is 39.6 Å². The molecule has 0 N–H and O–H groups in total. The average molecular weight is 901 g/mol. The van der Waals surface area contributed by atoms with Crippen LogP contribution in [0.3, 0.4) is 0 Å². The van der Waals surface area contributed by atoms with E-state index in [1.165, 1.54) is 30.4 Å². The molecule has 0 aliphatic heterocycles. The van der Waals surface area contributed by atoms with E-state index in [0.717, 1.165) is 167 Å². The third kappa shape index (κ3) is 32.8. The SMILES string of the molecule is C=CC(=O)OCCCCCCCCCCCOc1ccc(S(=O)(=O)[O-])c(OCCCCCCCCCCCOC(=O)C=C)c1OCCCCCCCCCCCOC(=O)C=C.[Na+]. The molecule has 0 amide bonds. The zero-order chi connectivity index (χ0) is 44.7. The van der Waals surface area contributed by atoms with Crippen molar-refractivity contribution in [1.82, 2.24) is 0 Å². The van der Waals surface area contributed by atoms with E-state index in [9.17, 15) is 27.4 Å². The van der Waals surface area contributed by atoms with Gasteiger partial charge in [-0.05, 0) is 50.7 Å². The van der Waals surface area contributed by atoms with Gasteiger partial charge in [-0.3, -0.25) is 0 Å². The van der Waals surface area contributed by atoms with Crippen LogP contribution in [-0.4, -0.2) is 70.5 Å². The minimum absolute atomic E-state index is 0. The number of carbonyl (C=O) groups is 3. The van der Waals surface area contributed by atoms with Gasteiger partial charge in [-0.2, -0.15) is 0 Å². The number of carbonyl (C=O) groups excluding carboxylic acids is 3.